The van der Waals surface area contributed by atoms with E-state index in [4.69, 9.17) is 16.0 Å². The van der Waals surface area contributed by atoms with Crippen LogP contribution in [0.1, 0.15) is 39.0 Å². The van der Waals surface area contributed by atoms with Crippen LogP contribution in [0.4, 0.5) is 0 Å². The van der Waals surface area contributed by atoms with E-state index in [1.165, 1.54) is 0 Å². The van der Waals surface area contributed by atoms with Crippen molar-refractivity contribution in [2.45, 2.75) is 45.7 Å². The maximum Gasteiger partial charge on any atom is 0.249 e. The molecular weight excluding hydrogens is 338 g/mol. The number of carbonyl (C=O) groups excluding carboxylic acids is 1. The molecule has 0 saturated heterocycles. The van der Waals surface area contributed by atoms with E-state index in [-0.39, 0.29) is 17.9 Å². The molecule has 1 aromatic heterocycles. The third-order valence-electron chi connectivity index (χ3n) is 4.40. The van der Waals surface area contributed by atoms with Gasteiger partial charge in [-0.25, -0.2) is 0 Å². The number of hydrogen-bond acceptors (Lipinski definition) is 4. The van der Waals surface area contributed by atoms with Crippen LogP contribution in [-0.2, 0) is 11.3 Å². The number of rotatable bonds is 5. The molecule has 0 bridgehead atoms. The minimum atomic E-state index is 0.0401. The van der Waals surface area contributed by atoms with Crippen LogP contribution < -0.4 is 0 Å². The molecule has 1 aliphatic carbocycles. The Morgan fingerprint density at radius 1 is 1.32 bits per heavy atom. The highest BCUT2D eigenvalue weighted by Crippen LogP contribution is 2.27. The molecule has 0 spiro atoms. The van der Waals surface area contributed by atoms with E-state index in [1.807, 2.05) is 36.9 Å². The standard InChI is InChI=1S/C19H22ClN3O2/c1-13(2)23(19(24)14-8-4-3-5-9-14)12-17-21-22-18(25-17)15-10-6-7-11-16(15)20/h3-4,6-7,10-11,13-14H,5,8-9,12H2,1-2H3/t14-/m1/s1. The predicted octanol–water partition coefficient (Wildman–Crippen LogP) is 4.48. The maximum absolute atomic E-state index is 12.9. The molecule has 3 rings (SSSR count). The van der Waals surface area contributed by atoms with Gasteiger partial charge in [-0.15, -0.1) is 10.2 Å². The Kier molecular flexibility index (Phi) is 5.53. The quantitative estimate of drug-likeness (QED) is 0.738. The molecule has 5 nitrogen and oxygen atoms in total. The summed E-state index contributed by atoms with van der Waals surface area (Å²) in [5.74, 6) is 0.982. The van der Waals surface area contributed by atoms with Gasteiger partial charge in [0.15, 0.2) is 0 Å². The predicted molar refractivity (Wildman–Crippen MR) is 96.9 cm³/mol. The summed E-state index contributed by atoms with van der Waals surface area (Å²) in [5, 5.41) is 8.74. The number of carbonyl (C=O) groups is 1. The van der Waals surface area contributed by atoms with E-state index in [0.29, 0.717) is 28.9 Å². The van der Waals surface area contributed by atoms with Gasteiger partial charge in [-0.2, -0.15) is 0 Å². The fraction of sp³-hybridized carbons (Fsp3) is 0.421. The molecule has 25 heavy (non-hydrogen) atoms. The largest absolute Gasteiger partial charge is 0.419 e. The van der Waals surface area contributed by atoms with E-state index in [0.717, 1.165) is 19.3 Å². The molecule has 0 unspecified atom stereocenters. The Morgan fingerprint density at radius 2 is 2.12 bits per heavy atom. The Bertz CT molecular complexity index is 770. The summed E-state index contributed by atoms with van der Waals surface area (Å²) in [5.41, 5.74) is 0.697. The lowest BCUT2D eigenvalue weighted by Gasteiger charge is -2.30. The van der Waals surface area contributed by atoms with Crippen LogP contribution in [0.2, 0.25) is 5.02 Å². The zero-order chi connectivity index (χ0) is 17.8. The van der Waals surface area contributed by atoms with Crippen molar-refractivity contribution in [3.05, 3.63) is 47.3 Å². The van der Waals surface area contributed by atoms with Crippen LogP contribution >= 0.6 is 11.6 Å². The van der Waals surface area contributed by atoms with Crippen molar-refractivity contribution in [1.82, 2.24) is 15.1 Å². The van der Waals surface area contributed by atoms with Crippen LogP contribution in [0.15, 0.2) is 40.8 Å². The summed E-state index contributed by atoms with van der Waals surface area (Å²) >= 11 is 6.18. The Labute approximate surface area is 152 Å². The highest BCUT2D eigenvalue weighted by molar-refractivity contribution is 6.33. The molecule has 6 heteroatoms. The Balaban J connectivity index is 1.76. The molecule has 0 radical (unpaired) electrons. The lowest BCUT2D eigenvalue weighted by atomic mass is 9.92. The molecule has 0 saturated carbocycles. The van der Waals surface area contributed by atoms with Crippen molar-refractivity contribution in [3.8, 4) is 11.5 Å². The van der Waals surface area contributed by atoms with Crippen LogP contribution in [0.3, 0.4) is 0 Å². The fourth-order valence-corrected chi connectivity index (χ4v) is 3.19. The van der Waals surface area contributed by atoms with Crippen molar-refractivity contribution < 1.29 is 9.21 Å². The summed E-state index contributed by atoms with van der Waals surface area (Å²) in [6.07, 6.45) is 6.88. The zero-order valence-electron chi connectivity index (χ0n) is 14.5. The Morgan fingerprint density at radius 3 is 2.80 bits per heavy atom. The van der Waals surface area contributed by atoms with Crippen LogP contribution in [0.5, 0.6) is 0 Å². The first-order valence-corrected chi connectivity index (χ1v) is 8.97. The van der Waals surface area contributed by atoms with Gasteiger partial charge in [0.2, 0.25) is 17.7 Å². The second kappa shape index (κ2) is 7.83. The minimum Gasteiger partial charge on any atom is -0.419 e. The molecule has 1 atom stereocenters. The number of nitrogens with zero attached hydrogens (tertiary/aromatic N) is 3. The first-order valence-electron chi connectivity index (χ1n) is 8.59. The normalized spacial score (nSPS) is 17.0. The topological polar surface area (TPSA) is 59.2 Å². The maximum atomic E-state index is 12.9. The van der Waals surface area contributed by atoms with Gasteiger partial charge < -0.3 is 9.32 Å². The lowest BCUT2D eigenvalue weighted by Crippen LogP contribution is -2.40. The molecule has 0 fully saturated rings. The van der Waals surface area contributed by atoms with Crippen molar-refractivity contribution in [3.63, 3.8) is 0 Å². The molecule has 0 N–H and O–H groups in total. The van der Waals surface area contributed by atoms with Crippen molar-refractivity contribution in [1.29, 1.82) is 0 Å². The third-order valence-corrected chi connectivity index (χ3v) is 4.73. The third kappa shape index (κ3) is 4.10. The highest BCUT2D eigenvalue weighted by atomic mass is 35.5. The van der Waals surface area contributed by atoms with Gasteiger partial charge in [-0.3, -0.25) is 4.79 Å². The van der Waals surface area contributed by atoms with E-state index in [1.54, 1.807) is 6.07 Å². The van der Waals surface area contributed by atoms with Gasteiger partial charge in [-0.1, -0.05) is 35.9 Å². The molecule has 1 aromatic carbocycles. The van der Waals surface area contributed by atoms with Gasteiger partial charge in [0.05, 0.1) is 17.1 Å². The smallest absolute Gasteiger partial charge is 0.249 e. The molecule has 2 aromatic rings. The number of benzene rings is 1. The van der Waals surface area contributed by atoms with Gasteiger partial charge >= 0.3 is 0 Å². The van der Waals surface area contributed by atoms with E-state index >= 15 is 0 Å². The molecule has 1 aliphatic rings. The summed E-state index contributed by atoms with van der Waals surface area (Å²) in [4.78, 5) is 14.7. The summed E-state index contributed by atoms with van der Waals surface area (Å²) in [6, 6.07) is 7.39. The van der Waals surface area contributed by atoms with Crippen LogP contribution in [-0.4, -0.2) is 27.0 Å². The lowest BCUT2D eigenvalue weighted by molar-refractivity contribution is -0.138. The van der Waals surface area contributed by atoms with Crippen molar-refractivity contribution in [2.24, 2.45) is 5.92 Å². The molecular formula is C19H22ClN3O2. The number of hydrogen-bond donors (Lipinski definition) is 0. The zero-order valence-corrected chi connectivity index (χ0v) is 15.2. The Hall–Kier alpha value is -2.14. The van der Waals surface area contributed by atoms with Crippen LogP contribution in [0, 0.1) is 5.92 Å². The molecule has 0 aliphatic heterocycles. The summed E-state index contributed by atoms with van der Waals surface area (Å²) < 4.78 is 5.75. The van der Waals surface area contributed by atoms with E-state index in [9.17, 15) is 4.79 Å². The number of amides is 1. The summed E-state index contributed by atoms with van der Waals surface area (Å²) in [6.45, 7) is 4.32. The number of allylic oxidation sites excluding steroid dienone is 2. The minimum absolute atomic E-state index is 0.0401. The molecule has 132 valence electrons. The van der Waals surface area contributed by atoms with Gasteiger partial charge in [0, 0.05) is 12.0 Å². The van der Waals surface area contributed by atoms with Gasteiger partial charge in [0.1, 0.15) is 0 Å². The first-order chi connectivity index (χ1) is 12.1. The fourth-order valence-electron chi connectivity index (χ4n) is 2.97. The molecule has 1 amide bonds. The first kappa shape index (κ1) is 17.7. The average Bonchev–Trinajstić information content (AvgIpc) is 3.08. The van der Waals surface area contributed by atoms with E-state index in [2.05, 4.69) is 22.3 Å². The van der Waals surface area contributed by atoms with Crippen molar-refractivity contribution in [2.75, 3.05) is 0 Å². The highest BCUT2D eigenvalue weighted by Gasteiger charge is 2.27. The van der Waals surface area contributed by atoms with Gasteiger partial charge in [0.25, 0.3) is 0 Å². The number of halogens is 1. The van der Waals surface area contributed by atoms with Crippen LogP contribution in [0.25, 0.3) is 11.5 Å². The monoisotopic (exact) mass is 359 g/mol. The van der Waals surface area contributed by atoms with Gasteiger partial charge in [-0.05, 0) is 45.2 Å². The second-order valence-electron chi connectivity index (χ2n) is 6.52. The second-order valence-corrected chi connectivity index (χ2v) is 6.93. The van der Waals surface area contributed by atoms with Crippen molar-refractivity contribution >= 4 is 17.5 Å². The molecule has 1 heterocycles. The SMILES string of the molecule is CC(C)N(Cc1nnc(-c2ccccc2Cl)o1)C(=O)[C@@H]1CC=CCC1. The number of aromatic nitrogens is 2. The summed E-state index contributed by atoms with van der Waals surface area (Å²) in [7, 11) is 0. The average molecular weight is 360 g/mol. The van der Waals surface area contributed by atoms with E-state index < -0.39 is 0 Å².